The summed E-state index contributed by atoms with van der Waals surface area (Å²) in [5.41, 5.74) is 4.18. The molecule has 0 bridgehead atoms. The minimum atomic E-state index is -2.63. The van der Waals surface area contributed by atoms with Crippen LogP contribution in [0.25, 0.3) is 16.8 Å². The summed E-state index contributed by atoms with van der Waals surface area (Å²) >= 11 is 6.96. The van der Waals surface area contributed by atoms with Crippen LogP contribution >= 0.6 is 27.5 Å². The van der Waals surface area contributed by atoms with Crippen LogP contribution < -0.4 is 5.32 Å². The predicted octanol–water partition coefficient (Wildman–Crippen LogP) is 5.38. The molecular weight excluding hydrogens is 639 g/mol. The van der Waals surface area contributed by atoms with Crippen LogP contribution in [0.3, 0.4) is 0 Å². The minimum absolute atomic E-state index is 0.0141. The number of hydrogen-bond donors (Lipinski definition) is 1. The van der Waals surface area contributed by atoms with Gasteiger partial charge in [-0.3, -0.25) is 9.00 Å². The van der Waals surface area contributed by atoms with Crippen molar-refractivity contribution in [2.24, 2.45) is 0 Å². The molecule has 1 aliphatic carbocycles. The highest BCUT2D eigenvalue weighted by molar-refractivity contribution is 9.10. The van der Waals surface area contributed by atoms with E-state index in [2.05, 4.69) is 26.3 Å². The lowest BCUT2D eigenvalue weighted by Crippen LogP contribution is -2.26. The number of carbonyl (C=O) groups is 2. The van der Waals surface area contributed by atoms with Gasteiger partial charge in [-0.2, -0.15) is 5.10 Å². The van der Waals surface area contributed by atoms with Crippen LogP contribution in [0.1, 0.15) is 56.2 Å². The lowest BCUT2D eigenvalue weighted by Gasteiger charge is -2.26. The van der Waals surface area contributed by atoms with Crippen molar-refractivity contribution < 1.29 is 27.5 Å². The molecule has 214 valence electrons. The van der Waals surface area contributed by atoms with Gasteiger partial charge in [-0.25, -0.2) is 18.0 Å². The number of rotatable bonds is 9. The molecule has 5 rings (SSSR count). The van der Waals surface area contributed by atoms with Crippen LogP contribution in [-0.2, 0) is 29.1 Å². The van der Waals surface area contributed by atoms with Crippen molar-refractivity contribution in [2.75, 3.05) is 14.2 Å². The van der Waals surface area contributed by atoms with E-state index in [0.717, 1.165) is 24.0 Å². The van der Waals surface area contributed by atoms with Crippen LogP contribution in [0.5, 0.6) is 0 Å². The maximum Gasteiger partial charge on any atom is 0.339 e. The van der Waals surface area contributed by atoms with Gasteiger partial charge in [0.2, 0.25) is 0 Å². The fourth-order valence-corrected chi connectivity index (χ4v) is 5.89. The van der Waals surface area contributed by atoms with Crippen molar-refractivity contribution in [3.05, 3.63) is 91.8 Å². The van der Waals surface area contributed by atoms with Crippen LogP contribution in [0.15, 0.2) is 53.1 Å². The van der Waals surface area contributed by atoms with Crippen LogP contribution in [0.4, 0.5) is 4.39 Å². The van der Waals surface area contributed by atoms with E-state index in [1.54, 1.807) is 28.9 Å². The highest BCUT2D eigenvalue weighted by Gasteiger charge is 2.30. The largest absolute Gasteiger partial charge is 0.760 e. The van der Waals surface area contributed by atoms with E-state index in [0.29, 0.717) is 32.4 Å². The van der Waals surface area contributed by atoms with Gasteiger partial charge in [0.1, 0.15) is 11.5 Å². The fraction of sp³-hybridized carbons (Fsp3) is 0.250. The molecule has 1 saturated carbocycles. The maximum absolute atomic E-state index is 13.6. The first kappa shape index (κ1) is 29.3. The van der Waals surface area contributed by atoms with Crippen LogP contribution in [0.2, 0.25) is 5.02 Å². The SMILES string of the molecule is CNC(=O)c1c(-c2ccc(F)cc2)nn2cc(CN(Cc3cc(Cl)c(Br)c(C(=O)OC)c3)S(=O)[O-])c(C3CC3)cc12. The third-order valence-corrected chi connectivity index (χ3v) is 8.95. The Kier molecular flexibility index (Phi) is 8.57. The maximum atomic E-state index is 13.6. The van der Waals surface area contributed by atoms with Gasteiger partial charge >= 0.3 is 5.97 Å². The Hall–Kier alpha value is -3.16. The molecule has 1 aliphatic rings. The Labute approximate surface area is 251 Å². The van der Waals surface area contributed by atoms with Gasteiger partial charge in [0, 0.05) is 43.2 Å². The molecule has 41 heavy (non-hydrogen) atoms. The van der Waals surface area contributed by atoms with Gasteiger partial charge in [-0.1, -0.05) is 11.6 Å². The van der Waals surface area contributed by atoms with E-state index in [9.17, 15) is 22.7 Å². The number of esters is 1. The molecule has 13 heteroatoms. The standard InChI is InChI=1S/C28H25BrClFN4O5S/c1-32-27(36)24-23-11-20(16-3-4-16)18(14-35(23)33-26(24)17-5-7-19(31)8-6-17)13-34(41(38)39)12-15-9-21(28(37)40-2)25(29)22(30)10-15/h5-11,14,16H,3-4,12-13H2,1-2H3,(H,32,36)(H,38,39)/p-1. The molecule has 0 spiro atoms. The number of nitrogens with zero attached hydrogens (tertiary/aromatic N) is 3. The third kappa shape index (κ3) is 6.07. The van der Waals surface area contributed by atoms with Crippen molar-refractivity contribution in [1.82, 2.24) is 19.2 Å². The Morgan fingerprint density at radius 3 is 2.56 bits per heavy atom. The number of amides is 1. The van der Waals surface area contributed by atoms with Crippen molar-refractivity contribution in [1.29, 1.82) is 0 Å². The summed E-state index contributed by atoms with van der Waals surface area (Å²) in [4.78, 5) is 25.2. The van der Waals surface area contributed by atoms with Gasteiger partial charge in [-0.15, -0.1) is 0 Å². The zero-order valence-electron chi connectivity index (χ0n) is 21.9. The van der Waals surface area contributed by atoms with E-state index in [-0.39, 0.29) is 35.5 Å². The zero-order chi connectivity index (χ0) is 29.4. The highest BCUT2D eigenvalue weighted by Crippen LogP contribution is 2.43. The quantitative estimate of drug-likeness (QED) is 0.190. The summed E-state index contributed by atoms with van der Waals surface area (Å²) in [6.45, 7) is -0.0428. The molecule has 9 nitrogen and oxygen atoms in total. The average Bonchev–Trinajstić information content (AvgIpc) is 3.74. The van der Waals surface area contributed by atoms with Crippen molar-refractivity contribution in [3.63, 3.8) is 0 Å². The Morgan fingerprint density at radius 1 is 1.24 bits per heavy atom. The Bertz CT molecular complexity index is 1690. The monoisotopic (exact) mass is 661 g/mol. The van der Waals surface area contributed by atoms with Gasteiger partial charge in [0.25, 0.3) is 5.91 Å². The molecule has 2 aromatic carbocycles. The third-order valence-electron chi connectivity index (χ3n) is 6.89. The summed E-state index contributed by atoms with van der Waals surface area (Å²) in [6.07, 6.45) is 3.60. The summed E-state index contributed by atoms with van der Waals surface area (Å²) < 4.78 is 46.3. The minimum Gasteiger partial charge on any atom is -0.760 e. The van der Waals surface area contributed by atoms with Gasteiger partial charge in [0.15, 0.2) is 0 Å². The predicted molar refractivity (Wildman–Crippen MR) is 155 cm³/mol. The Balaban J connectivity index is 1.57. The van der Waals surface area contributed by atoms with Crippen molar-refractivity contribution in [3.8, 4) is 11.3 Å². The van der Waals surface area contributed by atoms with Gasteiger partial charge in [-0.05, 0) is 93.8 Å². The number of ether oxygens (including phenoxy) is 1. The zero-order valence-corrected chi connectivity index (χ0v) is 25.1. The molecule has 1 atom stereocenters. The number of pyridine rings is 1. The summed E-state index contributed by atoms with van der Waals surface area (Å²) in [7, 11) is 2.77. The van der Waals surface area contributed by atoms with Crippen LogP contribution in [0, 0.1) is 5.82 Å². The number of benzene rings is 2. The average molecular weight is 663 g/mol. The topological polar surface area (TPSA) is 116 Å². The molecule has 2 heterocycles. The fourth-order valence-electron chi connectivity index (χ4n) is 4.76. The van der Waals surface area contributed by atoms with E-state index >= 15 is 0 Å². The summed E-state index contributed by atoms with van der Waals surface area (Å²) in [5, 5.41) is 7.55. The number of hydrogen-bond acceptors (Lipinski definition) is 6. The van der Waals surface area contributed by atoms with Gasteiger partial charge < -0.3 is 14.6 Å². The second-order valence-corrected chi connectivity index (χ2v) is 11.8. The molecule has 1 unspecified atom stereocenters. The lowest BCUT2D eigenvalue weighted by atomic mass is 10.0. The highest BCUT2D eigenvalue weighted by atomic mass is 79.9. The molecule has 0 radical (unpaired) electrons. The summed E-state index contributed by atoms with van der Waals surface area (Å²) in [6, 6.07) is 10.7. The number of methoxy groups -OCH3 is 1. The van der Waals surface area contributed by atoms with E-state index in [1.807, 2.05) is 6.07 Å². The molecule has 0 saturated heterocycles. The molecule has 1 N–H and O–H groups in total. The van der Waals surface area contributed by atoms with Crippen molar-refractivity contribution in [2.45, 2.75) is 31.8 Å². The second kappa shape index (κ2) is 12.0. The molecule has 1 amide bonds. The molecule has 2 aromatic heterocycles. The molecular formula is C28H24BrClFN4O5S-. The molecule has 1 fully saturated rings. The Morgan fingerprint density at radius 2 is 1.95 bits per heavy atom. The van der Waals surface area contributed by atoms with Gasteiger partial charge in [0.05, 0.1) is 33.2 Å². The van der Waals surface area contributed by atoms with Crippen LogP contribution in [-0.4, -0.2) is 48.7 Å². The first-order valence-electron chi connectivity index (χ1n) is 12.5. The summed E-state index contributed by atoms with van der Waals surface area (Å²) in [5.74, 6) is -1.15. The van der Waals surface area contributed by atoms with E-state index < -0.39 is 23.1 Å². The number of nitrogens with one attached hydrogen (secondary N) is 1. The second-order valence-electron chi connectivity index (χ2n) is 9.61. The van der Waals surface area contributed by atoms with E-state index in [4.69, 9.17) is 16.3 Å². The lowest BCUT2D eigenvalue weighted by molar-refractivity contribution is 0.0599. The van der Waals surface area contributed by atoms with E-state index in [1.165, 1.54) is 36.7 Å². The number of carbonyl (C=O) groups excluding carboxylic acids is 2. The smallest absolute Gasteiger partial charge is 0.339 e. The number of halogens is 3. The number of aromatic nitrogens is 2. The molecule has 4 aromatic rings. The first-order valence-corrected chi connectivity index (χ1v) is 14.7. The molecule has 0 aliphatic heterocycles. The normalized spacial score (nSPS) is 13.9. The number of fused-ring (bicyclic) bond motifs is 1. The first-order chi connectivity index (χ1) is 19.6. The van der Waals surface area contributed by atoms with Crippen molar-refractivity contribution >= 4 is 56.2 Å².